The summed E-state index contributed by atoms with van der Waals surface area (Å²) in [6.07, 6.45) is -1.30. The molecule has 0 fully saturated rings. The van der Waals surface area contributed by atoms with Crippen LogP contribution in [0.4, 0.5) is 0 Å². The average molecular weight is 238 g/mol. The van der Waals surface area contributed by atoms with Crippen LogP contribution in [0, 0.1) is 0 Å². The molecule has 6 heteroatoms. The first-order chi connectivity index (χ1) is 7.97. The molecule has 0 radical (unpaired) electrons. The number of rotatable bonds is 4. The van der Waals surface area contributed by atoms with E-state index in [4.69, 9.17) is 10.8 Å². The Labute approximate surface area is 98.1 Å². The van der Waals surface area contributed by atoms with E-state index in [9.17, 15) is 14.7 Å². The maximum atomic E-state index is 11.2. The van der Waals surface area contributed by atoms with Crippen molar-refractivity contribution in [3.8, 4) is 0 Å². The Morgan fingerprint density at radius 2 is 1.82 bits per heavy atom. The molecule has 0 aliphatic heterocycles. The molecule has 1 amide bonds. The van der Waals surface area contributed by atoms with Crippen molar-refractivity contribution in [2.24, 2.45) is 5.73 Å². The van der Waals surface area contributed by atoms with Gasteiger partial charge in [0, 0.05) is 12.6 Å². The summed E-state index contributed by atoms with van der Waals surface area (Å²) < 4.78 is 0. The number of carbonyl (C=O) groups excluding carboxylic acids is 1. The highest BCUT2D eigenvalue weighted by atomic mass is 16.4. The van der Waals surface area contributed by atoms with Gasteiger partial charge in [0.2, 0.25) is 0 Å². The van der Waals surface area contributed by atoms with Crippen LogP contribution < -0.4 is 11.1 Å². The highest BCUT2D eigenvalue weighted by Crippen LogP contribution is 2.16. The fourth-order valence-corrected chi connectivity index (χ4v) is 1.32. The molecule has 0 saturated carbocycles. The second-order valence-corrected chi connectivity index (χ2v) is 3.51. The predicted molar refractivity (Wildman–Crippen MR) is 60.4 cm³/mol. The molecule has 0 saturated heterocycles. The summed E-state index contributed by atoms with van der Waals surface area (Å²) in [5, 5.41) is 20.7. The molecular formula is C11H14N2O4. The summed E-state index contributed by atoms with van der Waals surface area (Å²) in [5.41, 5.74) is 6.06. The minimum atomic E-state index is -1.39. The van der Waals surface area contributed by atoms with Crippen LogP contribution in [0.25, 0.3) is 0 Å². The average Bonchev–Trinajstić information content (AvgIpc) is 2.36. The Balaban J connectivity index is 2.87. The van der Waals surface area contributed by atoms with Crippen LogP contribution in [0.15, 0.2) is 24.3 Å². The van der Waals surface area contributed by atoms with Crippen LogP contribution in [0.3, 0.4) is 0 Å². The summed E-state index contributed by atoms with van der Waals surface area (Å²) in [5.74, 6) is -1.54. The van der Waals surface area contributed by atoms with E-state index in [0.29, 0.717) is 11.1 Å². The number of amides is 1. The standard InChI is InChI=1S/C11H14N2O4/c1-13-10(15)7-4-2-6(3-5-7)9(14)8(12)11(16)17/h2-5,8-9,14H,12H2,1H3,(H,13,15)(H,16,17)/t8-,9?/m0/s1. The molecule has 0 heterocycles. The smallest absolute Gasteiger partial charge is 0.323 e. The van der Waals surface area contributed by atoms with Gasteiger partial charge in [0.05, 0.1) is 0 Å². The van der Waals surface area contributed by atoms with E-state index in [1.165, 1.54) is 31.3 Å². The van der Waals surface area contributed by atoms with Crippen molar-refractivity contribution in [3.63, 3.8) is 0 Å². The molecule has 2 atom stereocenters. The second kappa shape index (κ2) is 5.42. The van der Waals surface area contributed by atoms with Crippen LogP contribution in [-0.2, 0) is 4.79 Å². The van der Waals surface area contributed by atoms with Gasteiger partial charge in [0.15, 0.2) is 0 Å². The Bertz CT molecular complexity index is 416. The van der Waals surface area contributed by atoms with Crippen LogP contribution in [0.2, 0.25) is 0 Å². The number of nitrogens with one attached hydrogen (secondary N) is 1. The lowest BCUT2D eigenvalue weighted by Crippen LogP contribution is -2.36. The molecule has 0 aliphatic rings. The maximum absolute atomic E-state index is 11.2. The van der Waals surface area contributed by atoms with Gasteiger partial charge in [-0.25, -0.2) is 0 Å². The Morgan fingerprint density at radius 1 is 1.29 bits per heavy atom. The normalized spacial score (nSPS) is 13.8. The molecule has 92 valence electrons. The first kappa shape index (κ1) is 13.1. The molecule has 1 aromatic carbocycles. The summed E-state index contributed by atoms with van der Waals surface area (Å²) >= 11 is 0. The van der Waals surface area contributed by atoms with Gasteiger partial charge in [-0.3, -0.25) is 9.59 Å². The van der Waals surface area contributed by atoms with Gasteiger partial charge >= 0.3 is 5.97 Å². The Morgan fingerprint density at radius 3 is 2.24 bits per heavy atom. The highest BCUT2D eigenvalue weighted by molar-refractivity contribution is 5.93. The number of carboxylic acids is 1. The third-order valence-electron chi connectivity index (χ3n) is 2.37. The number of aliphatic carboxylic acids is 1. The largest absolute Gasteiger partial charge is 0.480 e. The molecule has 0 aromatic heterocycles. The quantitative estimate of drug-likeness (QED) is 0.564. The second-order valence-electron chi connectivity index (χ2n) is 3.51. The zero-order valence-electron chi connectivity index (χ0n) is 9.25. The fourth-order valence-electron chi connectivity index (χ4n) is 1.32. The third kappa shape index (κ3) is 3.02. The molecule has 1 unspecified atom stereocenters. The van der Waals surface area contributed by atoms with Gasteiger partial charge in [-0.15, -0.1) is 0 Å². The molecule has 6 nitrogen and oxygen atoms in total. The van der Waals surface area contributed by atoms with Crippen molar-refractivity contribution in [3.05, 3.63) is 35.4 Å². The van der Waals surface area contributed by atoms with Crippen LogP contribution in [0.5, 0.6) is 0 Å². The molecule has 5 N–H and O–H groups in total. The summed E-state index contributed by atoms with van der Waals surface area (Å²) in [6, 6.07) is 4.54. The van der Waals surface area contributed by atoms with Crippen molar-refractivity contribution in [1.29, 1.82) is 0 Å². The summed E-state index contributed by atoms with van der Waals surface area (Å²) in [6.45, 7) is 0. The van der Waals surface area contributed by atoms with Crippen molar-refractivity contribution >= 4 is 11.9 Å². The molecule has 0 aliphatic carbocycles. The van der Waals surface area contributed by atoms with Gasteiger partial charge in [-0.2, -0.15) is 0 Å². The number of carboxylic acid groups (broad SMARTS) is 1. The molecule has 0 spiro atoms. The number of hydrogen-bond acceptors (Lipinski definition) is 4. The highest BCUT2D eigenvalue weighted by Gasteiger charge is 2.23. The number of nitrogens with two attached hydrogens (primary N) is 1. The summed E-state index contributed by atoms with van der Waals surface area (Å²) in [7, 11) is 1.51. The zero-order valence-corrected chi connectivity index (χ0v) is 9.25. The number of aliphatic hydroxyl groups excluding tert-OH is 1. The van der Waals surface area contributed by atoms with Gasteiger partial charge in [-0.05, 0) is 17.7 Å². The SMILES string of the molecule is CNC(=O)c1ccc(C(O)[C@H](N)C(=O)O)cc1. The van der Waals surface area contributed by atoms with Crippen molar-refractivity contribution in [2.45, 2.75) is 12.1 Å². The number of aliphatic hydroxyl groups is 1. The third-order valence-corrected chi connectivity index (χ3v) is 2.37. The van der Waals surface area contributed by atoms with E-state index in [-0.39, 0.29) is 5.91 Å². The Hall–Kier alpha value is -1.92. The van der Waals surface area contributed by atoms with Crippen LogP contribution >= 0.6 is 0 Å². The van der Waals surface area contributed by atoms with Gasteiger partial charge in [-0.1, -0.05) is 12.1 Å². The van der Waals surface area contributed by atoms with Crippen molar-refractivity contribution in [1.82, 2.24) is 5.32 Å². The van der Waals surface area contributed by atoms with Crippen molar-refractivity contribution < 1.29 is 19.8 Å². The predicted octanol–water partition coefficient (Wildman–Crippen LogP) is -0.508. The first-order valence-electron chi connectivity index (χ1n) is 4.96. The van der Waals surface area contributed by atoms with E-state index in [1.54, 1.807) is 0 Å². The van der Waals surface area contributed by atoms with E-state index < -0.39 is 18.1 Å². The molecule has 17 heavy (non-hydrogen) atoms. The maximum Gasteiger partial charge on any atom is 0.323 e. The zero-order chi connectivity index (χ0) is 13.0. The molecular weight excluding hydrogens is 224 g/mol. The van der Waals surface area contributed by atoms with E-state index in [0.717, 1.165) is 0 Å². The minimum absolute atomic E-state index is 0.256. The lowest BCUT2D eigenvalue weighted by atomic mass is 10.0. The van der Waals surface area contributed by atoms with E-state index in [1.807, 2.05) is 0 Å². The van der Waals surface area contributed by atoms with Gasteiger partial charge < -0.3 is 21.3 Å². The van der Waals surface area contributed by atoms with Crippen LogP contribution in [-0.4, -0.2) is 35.2 Å². The molecule has 0 bridgehead atoms. The number of benzene rings is 1. The minimum Gasteiger partial charge on any atom is -0.480 e. The number of carbonyl (C=O) groups is 2. The lowest BCUT2D eigenvalue weighted by molar-refractivity contribution is -0.141. The van der Waals surface area contributed by atoms with Gasteiger partial charge in [0.25, 0.3) is 5.91 Å². The van der Waals surface area contributed by atoms with Crippen LogP contribution in [0.1, 0.15) is 22.0 Å². The molecule has 1 aromatic rings. The topological polar surface area (TPSA) is 113 Å². The first-order valence-corrected chi connectivity index (χ1v) is 4.96. The summed E-state index contributed by atoms with van der Waals surface area (Å²) in [4.78, 5) is 21.8. The Kier molecular flexibility index (Phi) is 4.19. The molecule has 1 rings (SSSR count). The van der Waals surface area contributed by atoms with Crippen molar-refractivity contribution in [2.75, 3.05) is 7.05 Å². The number of hydrogen-bond donors (Lipinski definition) is 4. The van der Waals surface area contributed by atoms with Gasteiger partial charge in [0.1, 0.15) is 12.1 Å². The van der Waals surface area contributed by atoms with E-state index in [2.05, 4.69) is 5.32 Å². The fraction of sp³-hybridized carbons (Fsp3) is 0.273. The lowest BCUT2D eigenvalue weighted by Gasteiger charge is -2.15. The van der Waals surface area contributed by atoms with E-state index >= 15 is 0 Å². The monoisotopic (exact) mass is 238 g/mol.